The standard InChI is InChI=1S/C22H27ClN2O4/c1-4-22(5-2,6-3)29-21(27)18-12-11-17(23)20(25-18)28-14-16-10-8-7-9-15(16)13-19(24)26/h7-12H,4-6,13-14H2,1-3H3,(H2,24,26). The molecule has 156 valence electrons. The number of nitrogens with two attached hydrogens (primary N) is 1. The Bertz CT molecular complexity index is 857. The number of esters is 1. The molecule has 0 unspecified atom stereocenters. The first kappa shape index (κ1) is 22.7. The second-order valence-electron chi connectivity index (χ2n) is 6.82. The van der Waals surface area contributed by atoms with Crippen molar-refractivity contribution in [3.05, 3.63) is 58.2 Å². The highest BCUT2D eigenvalue weighted by Crippen LogP contribution is 2.28. The van der Waals surface area contributed by atoms with Gasteiger partial charge in [-0.15, -0.1) is 0 Å². The Labute approximate surface area is 176 Å². The molecule has 0 atom stereocenters. The topological polar surface area (TPSA) is 91.5 Å². The predicted molar refractivity (Wildman–Crippen MR) is 112 cm³/mol. The largest absolute Gasteiger partial charge is 0.472 e. The number of hydrogen-bond donors (Lipinski definition) is 1. The van der Waals surface area contributed by atoms with Gasteiger partial charge < -0.3 is 15.2 Å². The number of hydrogen-bond acceptors (Lipinski definition) is 5. The van der Waals surface area contributed by atoms with Crippen molar-refractivity contribution < 1.29 is 19.1 Å². The molecular weight excluding hydrogens is 392 g/mol. The smallest absolute Gasteiger partial charge is 0.357 e. The number of ether oxygens (including phenoxy) is 2. The highest BCUT2D eigenvalue weighted by Gasteiger charge is 2.29. The van der Waals surface area contributed by atoms with E-state index < -0.39 is 17.5 Å². The van der Waals surface area contributed by atoms with E-state index in [-0.39, 0.29) is 29.6 Å². The van der Waals surface area contributed by atoms with Crippen LogP contribution in [0.15, 0.2) is 36.4 Å². The van der Waals surface area contributed by atoms with E-state index in [1.807, 2.05) is 45.0 Å². The summed E-state index contributed by atoms with van der Waals surface area (Å²) >= 11 is 6.19. The Morgan fingerprint density at radius 3 is 2.24 bits per heavy atom. The zero-order valence-electron chi connectivity index (χ0n) is 17.0. The van der Waals surface area contributed by atoms with Crippen molar-refractivity contribution in [3.63, 3.8) is 0 Å². The van der Waals surface area contributed by atoms with Gasteiger partial charge in [0.2, 0.25) is 11.8 Å². The van der Waals surface area contributed by atoms with Gasteiger partial charge in [-0.1, -0.05) is 56.6 Å². The van der Waals surface area contributed by atoms with Crippen LogP contribution in [0.3, 0.4) is 0 Å². The van der Waals surface area contributed by atoms with Crippen LogP contribution < -0.4 is 10.5 Å². The number of primary amides is 1. The van der Waals surface area contributed by atoms with E-state index in [0.717, 1.165) is 30.4 Å². The average Bonchev–Trinajstić information content (AvgIpc) is 2.72. The second kappa shape index (κ2) is 10.3. The number of benzene rings is 1. The van der Waals surface area contributed by atoms with Gasteiger partial charge in [-0.05, 0) is 42.5 Å². The molecule has 0 aliphatic carbocycles. The lowest BCUT2D eigenvalue weighted by Gasteiger charge is -2.30. The van der Waals surface area contributed by atoms with Gasteiger partial charge in [0.05, 0.1) is 6.42 Å². The quantitative estimate of drug-likeness (QED) is 0.575. The lowest BCUT2D eigenvalue weighted by molar-refractivity contribution is -0.117. The number of carbonyl (C=O) groups excluding carboxylic acids is 2. The van der Waals surface area contributed by atoms with E-state index in [4.69, 9.17) is 26.8 Å². The molecule has 0 bridgehead atoms. The Morgan fingerprint density at radius 2 is 1.66 bits per heavy atom. The normalized spacial score (nSPS) is 11.2. The van der Waals surface area contributed by atoms with Crippen LogP contribution in [0.5, 0.6) is 5.88 Å². The molecule has 7 heteroatoms. The fraction of sp³-hybridized carbons (Fsp3) is 0.409. The predicted octanol–water partition coefficient (Wildman–Crippen LogP) is 4.47. The third-order valence-corrected chi connectivity index (χ3v) is 5.40. The van der Waals surface area contributed by atoms with E-state index in [9.17, 15) is 9.59 Å². The highest BCUT2D eigenvalue weighted by atomic mass is 35.5. The van der Waals surface area contributed by atoms with E-state index in [1.165, 1.54) is 6.07 Å². The number of rotatable bonds is 10. The number of amides is 1. The van der Waals surface area contributed by atoms with Gasteiger partial charge >= 0.3 is 5.97 Å². The first-order chi connectivity index (χ1) is 13.8. The van der Waals surface area contributed by atoms with Crippen LogP contribution in [0.4, 0.5) is 0 Å². The third-order valence-electron chi connectivity index (χ3n) is 5.11. The van der Waals surface area contributed by atoms with E-state index in [1.54, 1.807) is 6.07 Å². The molecule has 1 heterocycles. The van der Waals surface area contributed by atoms with E-state index in [2.05, 4.69) is 4.98 Å². The number of halogens is 1. The third kappa shape index (κ3) is 5.94. The molecule has 0 aliphatic heterocycles. The van der Waals surface area contributed by atoms with Gasteiger partial charge in [0, 0.05) is 0 Å². The van der Waals surface area contributed by atoms with Crippen molar-refractivity contribution in [2.24, 2.45) is 5.73 Å². The molecule has 6 nitrogen and oxygen atoms in total. The fourth-order valence-electron chi connectivity index (χ4n) is 3.06. The molecule has 0 spiro atoms. The first-order valence-electron chi connectivity index (χ1n) is 9.71. The van der Waals surface area contributed by atoms with Gasteiger partial charge in [-0.3, -0.25) is 4.79 Å². The maximum Gasteiger partial charge on any atom is 0.357 e. The van der Waals surface area contributed by atoms with E-state index >= 15 is 0 Å². The zero-order chi connectivity index (χ0) is 21.4. The van der Waals surface area contributed by atoms with Crippen molar-refractivity contribution in [3.8, 4) is 5.88 Å². The number of nitrogens with zero attached hydrogens (tertiary/aromatic N) is 1. The number of pyridine rings is 1. The minimum Gasteiger partial charge on any atom is -0.472 e. The van der Waals surface area contributed by atoms with Gasteiger partial charge in [-0.25, -0.2) is 9.78 Å². The molecule has 1 aromatic carbocycles. The summed E-state index contributed by atoms with van der Waals surface area (Å²) in [5.41, 5.74) is 6.48. The monoisotopic (exact) mass is 418 g/mol. The zero-order valence-corrected chi connectivity index (χ0v) is 17.8. The Morgan fingerprint density at radius 1 is 1.03 bits per heavy atom. The molecule has 2 N–H and O–H groups in total. The van der Waals surface area contributed by atoms with Crippen molar-refractivity contribution in [2.75, 3.05) is 0 Å². The van der Waals surface area contributed by atoms with Crippen LogP contribution in [0.1, 0.15) is 61.6 Å². The van der Waals surface area contributed by atoms with E-state index in [0.29, 0.717) is 0 Å². The number of carbonyl (C=O) groups is 2. The summed E-state index contributed by atoms with van der Waals surface area (Å²) in [5.74, 6) is -0.805. The van der Waals surface area contributed by atoms with Crippen molar-refractivity contribution in [1.29, 1.82) is 0 Å². The summed E-state index contributed by atoms with van der Waals surface area (Å²) in [6.45, 7) is 6.12. The van der Waals surface area contributed by atoms with Crippen LogP contribution in [0.2, 0.25) is 5.02 Å². The molecule has 2 aromatic rings. The SMILES string of the molecule is CCC(CC)(CC)OC(=O)c1ccc(Cl)c(OCc2ccccc2CC(N)=O)n1. The Hall–Kier alpha value is -2.60. The Balaban J connectivity index is 2.18. The van der Waals surface area contributed by atoms with Crippen molar-refractivity contribution in [2.45, 2.75) is 58.7 Å². The van der Waals surface area contributed by atoms with Crippen LogP contribution in [0.25, 0.3) is 0 Å². The molecule has 0 saturated carbocycles. The summed E-state index contributed by atoms with van der Waals surface area (Å²) in [6, 6.07) is 10.4. The van der Waals surface area contributed by atoms with Crippen LogP contribution >= 0.6 is 11.6 Å². The molecule has 0 fully saturated rings. The maximum absolute atomic E-state index is 12.6. The van der Waals surface area contributed by atoms with Crippen LogP contribution in [-0.2, 0) is 22.6 Å². The summed E-state index contributed by atoms with van der Waals surface area (Å²) < 4.78 is 11.5. The maximum atomic E-state index is 12.6. The van der Waals surface area contributed by atoms with Gasteiger partial charge in [0.25, 0.3) is 0 Å². The van der Waals surface area contributed by atoms with Crippen molar-refractivity contribution in [1.82, 2.24) is 4.98 Å². The van der Waals surface area contributed by atoms with Crippen molar-refractivity contribution >= 4 is 23.5 Å². The Kier molecular flexibility index (Phi) is 8.02. The minimum absolute atomic E-state index is 0.111. The molecule has 0 aliphatic rings. The summed E-state index contributed by atoms with van der Waals surface area (Å²) in [4.78, 5) is 28.1. The lowest BCUT2D eigenvalue weighted by Crippen LogP contribution is -2.33. The minimum atomic E-state index is -0.508. The first-order valence-corrected chi connectivity index (χ1v) is 10.1. The van der Waals surface area contributed by atoms with Gasteiger partial charge in [0.15, 0.2) is 5.69 Å². The molecular formula is C22H27ClN2O4. The van der Waals surface area contributed by atoms with Crippen LogP contribution in [0, 0.1) is 0 Å². The molecule has 1 aromatic heterocycles. The molecule has 0 saturated heterocycles. The summed E-state index contributed by atoms with van der Waals surface area (Å²) in [5, 5.41) is 0.279. The summed E-state index contributed by atoms with van der Waals surface area (Å²) in [7, 11) is 0. The molecule has 1 amide bonds. The number of aromatic nitrogens is 1. The molecule has 2 rings (SSSR count). The molecule has 0 radical (unpaired) electrons. The fourth-order valence-corrected chi connectivity index (χ4v) is 3.22. The molecule has 29 heavy (non-hydrogen) atoms. The average molecular weight is 419 g/mol. The highest BCUT2D eigenvalue weighted by molar-refractivity contribution is 6.31. The lowest BCUT2D eigenvalue weighted by atomic mass is 9.94. The summed E-state index contributed by atoms with van der Waals surface area (Å²) in [6.07, 6.45) is 2.28. The second-order valence-corrected chi connectivity index (χ2v) is 7.22. The van der Waals surface area contributed by atoms with Gasteiger partial charge in [-0.2, -0.15) is 0 Å². The van der Waals surface area contributed by atoms with Crippen LogP contribution in [-0.4, -0.2) is 22.5 Å². The van der Waals surface area contributed by atoms with Gasteiger partial charge in [0.1, 0.15) is 17.2 Å².